The molecule has 4 aromatic rings. The van der Waals surface area contributed by atoms with E-state index in [0.29, 0.717) is 29.0 Å². The molecule has 0 spiro atoms. The third-order valence-corrected chi connectivity index (χ3v) is 6.94. The molecular formula is C22H21N3O4S2. The van der Waals surface area contributed by atoms with Crippen molar-refractivity contribution in [3.8, 4) is 11.7 Å². The molecule has 9 heteroatoms. The molecule has 0 radical (unpaired) electrons. The molecule has 0 aliphatic heterocycles. The minimum atomic E-state index is -3.67. The van der Waals surface area contributed by atoms with Crippen molar-refractivity contribution >= 4 is 21.8 Å². The lowest BCUT2D eigenvalue weighted by atomic mass is 10.1. The molecule has 0 fully saturated rings. The van der Waals surface area contributed by atoms with Crippen molar-refractivity contribution in [3.05, 3.63) is 84.1 Å². The lowest BCUT2D eigenvalue weighted by molar-refractivity contribution is 0.447. The highest BCUT2D eigenvalue weighted by Gasteiger charge is 2.22. The maximum Gasteiger partial charge on any atom is 0.284 e. The predicted molar refractivity (Wildman–Crippen MR) is 118 cm³/mol. The van der Waals surface area contributed by atoms with Crippen LogP contribution in [0.5, 0.6) is 0 Å². The van der Waals surface area contributed by atoms with Crippen molar-refractivity contribution in [1.82, 2.24) is 14.9 Å². The average molecular weight is 456 g/mol. The Hall–Kier alpha value is -2.88. The SMILES string of the molecule is Cc1ccc(S(=O)(=O)N[C@H](CCSc2nnc(-c3ccco3)o2)c2ccccc2)cc1. The monoisotopic (exact) mass is 455 g/mol. The van der Waals surface area contributed by atoms with Crippen molar-refractivity contribution in [2.75, 3.05) is 5.75 Å². The summed E-state index contributed by atoms with van der Waals surface area (Å²) in [5.74, 6) is 1.40. The van der Waals surface area contributed by atoms with Crippen molar-refractivity contribution in [2.45, 2.75) is 29.5 Å². The highest BCUT2D eigenvalue weighted by Crippen LogP contribution is 2.27. The number of benzene rings is 2. The van der Waals surface area contributed by atoms with Gasteiger partial charge in [-0.1, -0.05) is 59.8 Å². The van der Waals surface area contributed by atoms with E-state index in [1.165, 1.54) is 18.0 Å². The Kier molecular flexibility index (Phi) is 6.55. The molecule has 2 heterocycles. The van der Waals surface area contributed by atoms with Crippen LogP contribution in [0.25, 0.3) is 11.7 Å². The van der Waals surface area contributed by atoms with Crippen LogP contribution >= 0.6 is 11.8 Å². The summed E-state index contributed by atoms with van der Waals surface area (Å²) >= 11 is 1.37. The van der Waals surface area contributed by atoms with Crippen LogP contribution in [-0.4, -0.2) is 24.4 Å². The fourth-order valence-electron chi connectivity index (χ4n) is 2.98. The summed E-state index contributed by atoms with van der Waals surface area (Å²) in [6.07, 6.45) is 2.08. The zero-order valence-electron chi connectivity index (χ0n) is 16.8. The van der Waals surface area contributed by atoms with E-state index in [4.69, 9.17) is 8.83 Å². The number of hydrogen-bond acceptors (Lipinski definition) is 7. The molecule has 0 saturated carbocycles. The van der Waals surface area contributed by atoms with Gasteiger partial charge < -0.3 is 8.83 Å². The third kappa shape index (κ3) is 5.43. The lowest BCUT2D eigenvalue weighted by Gasteiger charge is -2.19. The standard InChI is InChI=1S/C22H21N3O4S2/c1-16-9-11-18(12-10-16)31(26,27)25-19(17-6-3-2-4-7-17)13-15-30-22-24-23-21(29-22)20-8-5-14-28-20/h2-12,14,19,25H,13,15H2,1H3/t19-/m1/s1. The largest absolute Gasteiger partial charge is 0.459 e. The maximum atomic E-state index is 12.9. The summed E-state index contributed by atoms with van der Waals surface area (Å²) in [5, 5.41) is 8.40. The fraction of sp³-hybridized carbons (Fsp3) is 0.182. The zero-order chi connectivity index (χ0) is 21.7. The topological polar surface area (TPSA) is 98.2 Å². The van der Waals surface area contributed by atoms with Crippen molar-refractivity contribution in [3.63, 3.8) is 0 Å². The number of rotatable bonds is 9. The average Bonchev–Trinajstić information content (AvgIpc) is 3.46. The van der Waals surface area contributed by atoms with Crippen LogP contribution in [0.4, 0.5) is 0 Å². The van der Waals surface area contributed by atoms with Crippen molar-refractivity contribution in [2.24, 2.45) is 0 Å². The predicted octanol–water partition coefficient (Wildman–Crippen LogP) is 4.84. The van der Waals surface area contributed by atoms with E-state index in [0.717, 1.165) is 11.1 Å². The van der Waals surface area contributed by atoms with Gasteiger partial charge in [0.15, 0.2) is 5.76 Å². The van der Waals surface area contributed by atoms with Gasteiger partial charge in [0.05, 0.1) is 11.2 Å². The molecule has 2 aromatic heterocycles. The van der Waals surface area contributed by atoms with Gasteiger partial charge in [0, 0.05) is 11.8 Å². The first-order chi connectivity index (χ1) is 15.0. The molecule has 1 atom stereocenters. The molecule has 0 aliphatic rings. The van der Waals surface area contributed by atoms with Gasteiger partial charge in [0.2, 0.25) is 10.0 Å². The zero-order valence-corrected chi connectivity index (χ0v) is 18.4. The number of hydrogen-bond donors (Lipinski definition) is 1. The second-order valence-corrected chi connectivity index (χ2v) is 9.65. The highest BCUT2D eigenvalue weighted by molar-refractivity contribution is 7.99. The molecule has 1 N–H and O–H groups in total. The van der Waals surface area contributed by atoms with E-state index in [1.54, 1.807) is 36.4 Å². The van der Waals surface area contributed by atoms with Crippen molar-refractivity contribution < 1.29 is 17.3 Å². The van der Waals surface area contributed by atoms with Gasteiger partial charge in [0.1, 0.15) is 0 Å². The van der Waals surface area contributed by atoms with Crippen LogP contribution in [-0.2, 0) is 10.0 Å². The lowest BCUT2D eigenvalue weighted by Crippen LogP contribution is -2.29. The molecule has 31 heavy (non-hydrogen) atoms. The van der Waals surface area contributed by atoms with E-state index in [2.05, 4.69) is 14.9 Å². The maximum absolute atomic E-state index is 12.9. The molecule has 2 aromatic carbocycles. The Morgan fingerprint density at radius 1 is 1.00 bits per heavy atom. The smallest absolute Gasteiger partial charge is 0.284 e. The Bertz CT molecular complexity index is 1210. The number of thioether (sulfide) groups is 1. The van der Waals surface area contributed by atoms with Crippen LogP contribution in [0.15, 0.2) is 91.9 Å². The first kappa shape index (κ1) is 21.4. The summed E-state index contributed by atoms with van der Waals surface area (Å²) in [5.41, 5.74) is 1.89. The van der Waals surface area contributed by atoms with Crippen LogP contribution in [0.3, 0.4) is 0 Å². The van der Waals surface area contributed by atoms with Crippen molar-refractivity contribution in [1.29, 1.82) is 0 Å². The molecule has 0 amide bonds. The summed E-state index contributed by atoms with van der Waals surface area (Å²) < 4.78 is 39.5. The Labute approximate surface area is 184 Å². The molecular weight excluding hydrogens is 434 g/mol. The number of aryl methyl sites for hydroxylation is 1. The van der Waals surface area contributed by atoms with Crippen LogP contribution < -0.4 is 4.72 Å². The van der Waals surface area contributed by atoms with E-state index in [9.17, 15) is 8.42 Å². The first-order valence-corrected chi connectivity index (χ1v) is 12.1. The Morgan fingerprint density at radius 2 is 1.77 bits per heavy atom. The van der Waals surface area contributed by atoms with Crippen LogP contribution in [0, 0.1) is 6.92 Å². The molecule has 160 valence electrons. The molecule has 7 nitrogen and oxygen atoms in total. The van der Waals surface area contributed by atoms with E-state index >= 15 is 0 Å². The first-order valence-electron chi connectivity index (χ1n) is 9.65. The Balaban J connectivity index is 1.45. The number of aromatic nitrogens is 2. The minimum Gasteiger partial charge on any atom is -0.459 e. The van der Waals surface area contributed by atoms with Gasteiger partial charge in [-0.05, 0) is 43.2 Å². The molecule has 0 saturated heterocycles. The van der Waals surface area contributed by atoms with Crippen LogP contribution in [0.2, 0.25) is 0 Å². The normalized spacial score (nSPS) is 12.7. The van der Waals surface area contributed by atoms with E-state index in [1.807, 2.05) is 37.3 Å². The van der Waals surface area contributed by atoms with Gasteiger partial charge in [-0.3, -0.25) is 0 Å². The van der Waals surface area contributed by atoms with Gasteiger partial charge >= 0.3 is 0 Å². The van der Waals surface area contributed by atoms with Crippen LogP contribution in [0.1, 0.15) is 23.6 Å². The quantitative estimate of drug-likeness (QED) is 0.361. The highest BCUT2D eigenvalue weighted by atomic mass is 32.2. The summed E-state index contributed by atoms with van der Waals surface area (Å²) in [4.78, 5) is 0.242. The summed E-state index contributed by atoms with van der Waals surface area (Å²) in [6.45, 7) is 1.92. The number of furan rings is 1. The molecule has 0 aliphatic carbocycles. The Morgan fingerprint density at radius 3 is 2.48 bits per heavy atom. The molecule has 0 bridgehead atoms. The van der Waals surface area contributed by atoms with E-state index < -0.39 is 16.1 Å². The number of nitrogens with one attached hydrogen (secondary N) is 1. The molecule has 0 unspecified atom stereocenters. The summed E-state index contributed by atoms with van der Waals surface area (Å²) in [7, 11) is -3.67. The molecule has 4 rings (SSSR count). The summed E-state index contributed by atoms with van der Waals surface area (Å²) in [6, 6.07) is 19.4. The van der Waals surface area contributed by atoms with Gasteiger partial charge in [-0.15, -0.1) is 10.2 Å². The van der Waals surface area contributed by atoms with Gasteiger partial charge in [-0.25, -0.2) is 13.1 Å². The van der Waals surface area contributed by atoms with Gasteiger partial charge in [0.25, 0.3) is 11.1 Å². The second-order valence-electron chi connectivity index (χ2n) is 6.89. The minimum absolute atomic E-state index is 0.242. The number of sulfonamides is 1. The fourth-order valence-corrected chi connectivity index (χ4v) is 5.01. The van der Waals surface area contributed by atoms with E-state index in [-0.39, 0.29) is 4.90 Å². The second kappa shape index (κ2) is 9.51. The number of nitrogens with zero attached hydrogens (tertiary/aromatic N) is 2. The van der Waals surface area contributed by atoms with Gasteiger partial charge in [-0.2, -0.15) is 0 Å². The third-order valence-electron chi connectivity index (χ3n) is 4.60.